The summed E-state index contributed by atoms with van der Waals surface area (Å²) in [6.45, 7) is 7.01. The molecule has 0 aliphatic carbocycles. The van der Waals surface area contributed by atoms with Crippen LogP contribution in [-0.4, -0.2) is 38.5 Å². The van der Waals surface area contributed by atoms with E-state index in [2.05, 4.69) is 11.9 Å². The Kier molecular flexibility index (Phi) is 8.88. The molecule has 0 aromatic rings. The van der Waals surface area contributed by atoms with Crippen LogP contribution in [0, 0.1) is 0 Å². The van der Waals surface area contributed by atoms with E-state index in [-0.39, 0.29) is 0 Å². The minimum atomic E-state index is 0.432. The average Bonchev–Trinajstić information content (AvgIpc) is 2.91. The number of aliphatic imine (C=N–C) groups is 1. The van der Waals surface area contributed by atoms with Gasteiger partial charge in [0.15, 0.2) is 0 Å². The van der Waals surface area contributed by atoms with Crippen molar-refractivity contribution in [2.24, 2.45) is 4.99 Å². The lowest BCUT2D eigenvalue weighted by molar-refractivity contribution is 0.117. The van der Waals surface area contributed by atoms with Gasteiger partial charge in [-0.15, -0.1) is 0 Å². The largest absolute Gasteiger partial charge is 0.379 e. The van der Waals surface area contributed by atoms with Gasteiger partial charge in [0.2, 0.25) is 6.08 Å². The number of isocyanates is 1. The molecule has 0 N–H and O–H groups in total. The zero-order valence-electron chi connectivity index (χ0n) is 8.28. The molecule has 4 nitrogen and oxygen atoms in total. The molecule has 0 bridgehead atoms. The van der Waals surface area contributed by atoms with Crippen LogP contribution in [0.15, 0.2) is 4.99 Å². The second-order valence-electron chi connectivity index (χ2n) is 2.60. The molecular weight excluding hydrogens is 170 g/mol. The number of rotatable bonds is 5. The molecule has 0 spiro atoms. The maximum atomic E-state index is 9.11. The third kappa shape index (κ3) is 11.3. The van der Waals surface area contributed by atoms with Crippen molar-refractivity contribution in [2.45, 2.75) is 26.4 Å². The van der Waals surface area contributed by atoms with Crippen LogP contribution in [0.1, 0.15) is 20.3 Å². The van der Waals surface area contributed by atoms with Crippen LogP contribution in [-0.2, 0) is 14.3 Å². The van der Waals surface area contributed by atoms with Gasteiger partial charge in [-0.3, -0.25) is 0 Å². The summed E-state index contributed by atoms with van der Waals surface area (Å²) < 4.78 is 10.1. The minimum Gasteiger partial charge on any atom is -0.379 e. The van der Waals surface area contributed by atoms with Gasteiger partial charge in [0, 0.05) is 13.2 Å². The third-order valence-corrected chi connectivity index (χ3v) is 1.28. The van der Waals surface area contributed by atoms with Crippen LogP contribution in [0.25, 0.3) is 0 Å². The highest BCUT2D eigenvalue weighted by atomic mass is 16.6. The first-order valence-electron chi connectivity index (χ1n) is 4.58. The summed E-state index contributed by atoms with van der Waals surface area (Å²) in [7, 11) is 0. The molecule has 1 atom stereocenters. The van der Waals surface area contributed by atoms with E-state index in [0.717, 1.165) is 26.2 Å². The molecule has 1 rings (SSSR count). The molecule has 0 saturated carbocycles. The molecule has 1 fully saturated rings. The second-order valence-corrected chi connectivity index (χ2v) is 2.60. The van der Waals surface area contributed by atoms with Crippen LogP contribution >= 0.6 is 0 Å². The van der Waals surface area contributed by atoms with Crippen LogP contribution in [0.2, 0.25) is 0 Å². The molecule has 0 aromatic heterocycles. The SMILES string of the molecule is CCCOCC1CO1.CCN=C=O. The smallest absolute Gasteiger partial charge is 0.234 e. The summed E-state index contributed by atoms with van der Waals surface area (Å²) in [6, 6.07) is 0. The molecule has 0 radical (unpaired) electrons. The van der Waals surface area contributed by atoms with E-state index in [9.17, 15) is 0 Å². The molecule has 1 heterocycles. The Morgan fingerprint density at radius 1 is 1.62 bits per heavy atom. The van der Waals surface area contributed by atoms with Gasteiger partial charge in [-0.25, -0.2) is 9.79 Å². The van der Waals surface area contributed by atoms with Crippen LogP contribution in [0.4, 0.5) is 0 Å². The maximum Gasteiger partial charge on any atom is 0.234 e. The van der Waals surface area contributed by atoms with Crippen LogP contribution < -0.4 is 0 Å². The summed E-state index contributed by atoms with van der Waals surface area (Å²) in [6.07, 6.45) is 2.93. The third-order valence-electron chi connectivity index (χ3n) is 1.28. The number of ether oxygens (including phenoxy) is 2. The van der Waals surface area contributed by atoms with Crippen molar-refractivity contribution in [3.05, 3.63) is 0 Å². The summed E-state index contributed by atoms with van der Waals surface area (Å²) >= 11 is 0. The van der Waals surface area contributed by atoms with Crippen molar-refractivity contribution < 1.29 is 14.3 Å². The maximum absolute atomic E-state index is 9.11. The van der Waals surface area contributed by atoms with Gasteiger partial charge in [-0.2, -0.15) is 0 Å². The fourth-order valence-corrected chi connectivity index (χ4v) is 0.588. The van der Waals surface area contributed by atoms with Gasteiger partial charge in [-0.05, 0) is 13.3 Å². The lowest BCUT2D eigenvalue weighted by Crippen LogP contribution is -2.01. The fraction of sp³-hybridized carbons (Fsp3) is 0.889. The molecule has 0 amide bonds. The van der Waals surface area contributed by atoms with Crippen molar-refractivity contribution in [3.63, 3.8) is 0 Å². The average molecular weight is 187 g/mol. The number of epoxide rings is 1. The monoisotopic (exact) mass is 187 g/mol. The zero-order valence-corrected chi connectivity index (χ0v) is 8.28. The quantitative estimate of drug-likeness (QED) is 0.281. The van der Waals surface area contributed by atoms with Crippen molar-refractivity contribution >= 4 is 6.08 Å². The van der Waals surface area contributed by atoms with Gasteiger partial charge in [0.05, 0.1) is 13.2 Å². The normalized spacial score (nSPS) is 18.2. The Labute approximate surface area is 78.9 Å². The highest BCUT2D eigenvalue weighted by Gasteiger charge is 2.21. The standard InChI is InChI=1S/C6H12O2.C3H5NO/c1-2-3-7-4-6-5-8-6;1-2-4-3-5/h6H,2-5H2,1H3;2H2,1H3. The Morgan fingerprint density at radius 2 is 2.31 bits per heavy atom. The topological polar surface area (TPSA) is 51.2 Å². The number of carbonyl (C=O) groups excluding carboxylic acids is 1. The first-order chi connectivity index (χ1) is 6.35. The lowest BCUT2D eigenvalue weighted by Gasteiger charge is -1.95. The molecule has 0 aromatic carbocycles. The summed E-state index contributed by atoms with van der Waals surface area (Å²) in [5.41, 5.74) is 0. The van der Waals surface area contributed by atoms with E-state index >= 15 is 0 Å². The first kappa shape index (κ1) is 12.3. The van der Waals surface area contributed by atoms with E-state index in [1.54, 1.807) is 6.92 Å². The van der Waals surface area contributed by atoms with E-state index in [4.69, 9.17) is 14.3 Å². The lowest BCUT2D eigenvalue weighted by atomic mass is 10.5. The molecule has 1 aliphatic rings. The molecule has 76 valence electrons. The van der Waals surface area contributed by atoms with Crippen molar-refractivity contribution in [1.82, 2.24) is 0 Å². The number of hydrogen-bond acceptors (Lipinski definition) is 4. The minimum absolute atomic E-state index is 0.432. The summed E-state index contributed by atoms with van der Waals surface area (Å²) in [5, 5.41) is 0. The van der Waals surface area contributed by atoms with E-state index in [1.165, 1.54) is 6.08 Å². The van der Waals surface area contributed by atoms with Gasteiger partial charge in [0.1, 0.15) is 6.10 Å². The van der Waals surface area contributed by atoms with Crippen molar-refractivity contribution in [1.29, 1.82) is 0 Å². The number of nitrogens with zero attached hydrogens (tertiary/aromatic N) is 1. The van der Waals surface area contributed by atoms with Crippen LogP contribution in [0.5, 0.6) is 0 Å². The van der Waals surface area contributed by atoms with Gasteiger partial charge in [0.25, 0.3) is 0 Å². The van der Waals surface area contributed by atoms with E-state index < -0.39 is 0 Å². The Bertz CT molecular complexity index is 151. The molecule has 1 unspecified atom stereocenters. The fourth-order valence-electron chi connectivity index (χ4n) is 0.588. The molecular formula is C9H17NO3. The Balaban J connectivity index is 0.000000252. The predicted molar refractivity (Wildman–Crippen MR) is 49.5 cm³/mol. The van der Waals surface area contributed by atoms with E-state index in [1.807, 2.05) is 0 Å². The predicted octanol–water partition coefficient (Wildman–Crippen LogP) is 1.15. The van der Waals surface area contributed by atoms with Gasteiger partial charge >= 0.3 is 0 Å². The first-order valence-corrected chi connectivity index (χ1v) is 4.58. The summed E-state index contributed by atoms with van der Waals surface area (Å²) in [4.78, 5) is 12.3. The molecule has 13 heavy (non-hydrogen) atoms. The van der Waals surface area contributed by atoms with Gasteiger partial charge in [-0.1, -0.05) is 6.92 Å². The van der Waals surface area contributed by atoms with Gasteiger partial charge < -0.3 is 9.47 Å². The molecule has 1 aliphatic heterocycles. The highest BCUT2D eigenvalue weighted by Crippen LogP contribution is 2.08. The van der Waals surface area contributed by atoms with E-state index in [0.29, 0.717) is 12.6 Å². The van der Waals surface area contributed by atoms with Crippen molar-refractivity contribution in [3.8, 4) is 0 Å². The highest BCUT2D eigenvalue weighted by molar-refractivity contribution is 5.32. The van der Waals surface area contributed by atoms with Crippen molar-refractivity contribution in [2.75, 3.05) is 26.4 Å². The second kappa shape index (κ2) is 9.39. The van der Waals surface area contributed by atoms with Crippen LogP contribution in [0.3, 0.4) is 0 Å². The molecule has 1 saturated heterocycles. The summed E-state index contributed by atoms with van der Waals surface area (Å²) in [5.74, 6) is 0. The number of hydrogen-bond donors (Lipinski definition) is 0. The Hall–Kier alpha value is -0.700. The molecule has 4 heteroatoms. The zero-order chi connectivity index (χ0) is 9.94. The Morgan fingerprint density at radius 3 is 2.62 bits per heavy atom.